The molecule has 7 nitrogen and oxygen atoms in total. The Morgan fingerprint density at radius 1 is 0.683 bits per heavy atom. The highest BCUT2D eigenvalue weighted by Crippen LogP contribution is 2.37. The Bertz CT molecular complexity index is 2130. The summed E-state index contributed by atoms with van der Waals surface area (Å²) in [6.45, 7) is 5.11. The highest BCUT2D eigenvalue weighted by Gasteiger charge is 2.31. The van der Waals surface area contributed by atoms with E-state index in [1.165, 1.54) is 95.1 Å². The maximum atomic E-state index is 14.5. The van der Waals surface area contributed by atoms with E-state index in [4.69, 9.17) is 21.9 Å². The molecule has 5 rings (SSSR count). The van der Waals surface area contributed by atoms with Crippen LogP contribution in [0.5, 0.6) is 0 Å². The van der Waals surface area contributed by atoms with E-state index in [2.05, 4.69) is 31.0 Å². The van der Waals surface area contributed by atoms with Crippen LogP contribution < -0.4 is 11.5 Å². The van der Waals surface area contributed by atoms with Gasteiger partial charge in [-0.1, -0.05) is 164 Å². The van der Waals surface area contributed by atoms with Gasteiger partial charge in [-0.25, -0.2) is 4.98 Å². The van der Waals surface area contributed by atoms with Gasteiger partial charge in [0.25, 0.3) is 5.91 Å². The van der Waals surface area contributed by atoms with Gasteiger partial charge >= 0.3 is 6.18 Å². The van der Waals surface area contributed by atoms with E-state index >= 15 is 0 Å². The summed E-state index contributed by atoms with van der Waals surface area (Å²) in [7, 11) is 0. The minimum atomic E-state index is -4.49. The van der Waals surface area contributed by atoms with Crippen molar-refractivity contribution < 1.29 is 18.0 Å². The molecule has 5 aromatic rings. The largest absolute Gasteiger partial charge is 0.416 e. The second kappa shape index (κ2) is 25.4. The summed E-state index contributed by atoms with van der Waals surface area (Å²) >= 11 is 0. The molecular formula is C53H71F3N6O. The number of carbonyl (C=O) groups excluding carboxylic acids is 1. The molecule has 0 radical (unpaired) electrons. The highest BCUT2D eigenvalue weighted by atomic mass is 19.4. The molecule has 6 N–H and O–H groups in total. The number of aromatic nitrogens is 2. The zero-order valence-corrected chi connectivity index (χ0v) is 37.8. The van der Waals surface area contributed by atoms with Crippen LogP contribution >= 0.6 is 0 Å². The molecule has 0 bridgehead atoms. The number of H-pyrrole nitrogens is 1. The molecule has 4 aromatic carbocycles. The summed E-state index contributed by atoms with van der Waals surface area (Å²) in [5.41, 5.74) is 17.0. The lowest BCUT2D eigenvalue weighted by atomic mass is 9.80. The third-order valence-corrected chi connectivity index (χ3v) is 12.6. The number of hydrogen-bond acceptors (Lipinski definition) is 4. The number of nitrogens with one attached hydrogen (secondary N) is 2. The molecule has 0 saturated heterocycles. The van der Waals surface area contributed by atoms with Gasteiger partial charge in [-0.3, -0.25) is 10.2 Å². The van der Waals surface area contributed by atoms with Crippen LogP contribution in [0.4, 0.5) is 13.2 Å². The number of aryl methyl sites for hydroxylation is 1. The molecule has 0 aliphatic carbocycles. The van der Waals surface area contributed by atoms with E-state index in [1.807, 2.05) is 48.5 Å². The van der Waals surface area contributed by atoms with Crippen LogP contribution in [0.25, 0.3) is 11.0 Å². The first kappa shape index (κ1) is 49.1. The lowest BCUT2D eigenvalue weighted by Gasteiger charge is -2.26. The summed E-state index contributed by atoms with van der Waals surface area (Å²) in [5.74, 6) is 1.35. The Labute approximate surface area is 374 Å². The number of unbranched alkanes of at least 4 members (excludes halogenated alkanes) is 12. The Balaban J connectivity index is 1.43. The van der Waals surface area contributed by atoms with E-state index in [-0.39, 0.29) is 30.8 Å². The van der Waals surface area contributed by atoms with Crippen molar-refractivity contribution in [1.29, 1.82) is 5.41 Å². The molecule has 1 heterocycles. The molecule has 1 amide bonds. The van der Waals surface area contributed by atoms with Crippen molar-refractivity contribution in [3.05, 3.63) is 136 Å². The standard InChI is InChI=1S/C53H71F3N6O/c1-3-5-7-9-11-12-14-16-21-47(43(19-15-13-10-8-6-4-2)29-26-39-27-30-44(31-28-39)50(58)59)51-60-48-33-32-45(35-49(48)61-51)52(63)62(37-41-24-22-40(36-57)23-25-41)38-42-18-17-20-46(34-42)53(54,55)56/h17-18,20,22-25,27-28,30-35,43,47H,3-16,19,21,26,29,36-38,57H2,1-2H3,(H3,58,59)(H,60,61). The lowest BCUT2D eigenvalue weighted by Crippen LogP contribution is -2.30. The zero-order valence-electron chi connectivity index (χ0n) is 37.8. The normalized spacial score (nSPS) is 12.7. The van der Waals surface area contributed by atoms with Crippen LogP contribution in [-0.4, -0.2) is 26.6 Å². The Kier molecular flexibility index (Phi) is 19.8. The number of nitrogen functional groups attached to an aromatic ring is 1. The molecule has 0 spiro atoms. The summed E-state index contributed by atoms with van der Waals surface area (Å²) in [6, 6.07) is 26.5. The first-order chi connectivity index (χ1) is 30.5. The molecule has 340 valence electrons. The quantitative estimate of drug-likeness (QED) is 0.0227. The topological polar surface area (TPSA) is 125 Å². The Morgan fingerprint density at radius 2 is 1.25 bits per heavy atom. The highest BCUT2D eigenvalue weighted by molar-refractivity contribution is 5.97. The second-order valence-corrected chi connectivity index (χ2v) is 17.6. The van der Waals surface area contributed by atoms with E-state index in [1.54, 1.807) is 17.0 Å². The van der Waals surface area contributed by atoms with Crippen molar-refractivity contribution in [2.45, 2.75) is 161 Å². The predicted molar refractivity (Wildman–Crippen MR) is 253 cm³/mol. The number of nitrogens with two attached hydrogens (primary N) is 2. The number of nitrogens with zero attached hydrogens (tertiary/aromatic N) is 2. The fraction of sp³-hybridized carbons (Fsp3) is 0.491. The van der Waals surface area contributed by atoms with Crippen LogP contribution in [0.2, 0.25) is 0 Å². The average molecular weight is 865 g/mol. The number of rotatable bonds is 28. The predicted octanol–water partition coefficient (Wildman–Crippen LogP) is 13.8. The van der Waals surface area contributed by atoms with E-state index in [0.717, 1.165) is 77.8 Å². The average Bonchev–Trinajstić information content (AvgIpc) is 3.71. The number of imidazole rings is 1. The second-order valence-electron chi connectivity index (χ2n) is 17.6. The number of amidine groups is 1. The number of amides is 1. The van der Waals surface area contributed by atoms with Gasteiger partial charge in [0.05, 0.1) is 16.6 Å². The van der Waals surface area contributed by atoms with Crippen molar-refractivity contribution >= 4 is 22.8 Å². The minimum absolute atomic E-state index is 0.00589. The fourth-order valence-electron chi connectivity index (χ4n) is 8.82. The van der Waals surface area contributed by atoms with Crippen molar-refractivity contribution in [1.82, 2.24) is 14.9 Å². The Hall–Kier alpha value is -4.96. The van der Waals surface area contributed by atoms with Crippen molar-refractivity contribution in [2.75, 3.05) is 0 Å². The van der Waals surface area contributed by atoms with Crippen LogP contribution in [0.3, 0.4) is 0 Å². The zero-order chi connectivity index (χ0) is 45.0. The van der Waals surface area contributed by atoms with Gasteiger partial charge in [-0.2, -0.15) is 13.2 Å². The first-order valence-corrected chi connectivity index (χ1v) is 23.6. The number of halogens is 3. The molecule has 2 atom stereocenters. The molecule has 0 fully saturated rings. The van der Waals surface area contributed by atoms with Gasteiger partial charge in [0, 0.05) is 36.7 Å². The lowest BCUT2D eigenvalue weighted by molar-refractivity contribution is -0.137. The van der Waals surface area contributed by atoms with Crippen LogP contribution in [0, 0.1) is 11.3 Å². The summed E-state index contributed by atoms with van der Waals surface area (Å²) < 4.78 is 41.2. The van der Waals surface area contributed by atoms with Gasteiger partial charge in [-0.05, 0) is 84.2 Å². The maximum absolute atomic E-state index is 14.5. The number of alkyl halides is 3. The maximum Gasteiger partial charge on any atom is 0.416 e. The van der Waals surface area contributed by atoms with Crippen molar-refractivity contribution in [3.63, 3.8) is 0 Å². The van der Waals surface area contributed by atoms with Gasteiger partial charge in [0.15, 0.2) is 0 Å². The third-order valence-electron chi connectivity index (χ3n) is 12.6. The third kappa shape index (κ3) is 15.7. The first-order valence-electron chi connectivity index (χ1n) is 23.6. The summed E-state index contributed by atoms with van der Waals surface area (Å²) in [5, 5.41) is 7.84. The Morgan fingerprint density at radius 3 is 1.87 bits per heavy atom. The summed E-state index contributed by atoms with van der Waals surface area (Å²) in [6.07, 6.45) is 16.9. The van der Waals surface area contributed by atoms with E-state index < -0.39 is 11.7 Å². The summed E-state index contributed by atoms with van der Waals surface area (Å²) in [4.78, 5) is 25.0. The van der Waals surface area contributed by atoms with Gasteiger partial charge in [-0.15, -0.1) is 0 Å². The molecule has 1 aromatic heterocycles. The number of aromatic amines is 1. The molecule has 63 heavy (non-hydrogen) atoms. The number of carbonyl (C=O) groups is 1. The molecule has 0 aliphatic rings. The van der Waals surface area contributed by atoms with Crippen LogP contribution in [0.1, 0.15) is 178 Å². The van der Waals surface area contributed by atoms with Crippen LogP contribution in [0.15, 0.2) is 91.0 Å². The molecule has 2 unspecified atom stereocenters. The fourth-order valence-corrected chi connectivity index (χ4v) is 8.82. The number of fused-ring (bicyclic) bond motifs is 1. The van der Waals surface area contributed by atoms with Crippen molar-refractivity contribution in [3.8, 4) is 0 Å². The van der Waals surface area contributed by atoms with Gasteiger partial charge in [0.1, 0.15) is 11.7 Å². The molecular weight excluding hydrogens is 794 g/mol. The van der Waals surface area contributed by atoms with E-state index in [9.17, 15) is 18.0 Å². The monoisotopic (exact) mass is 865 g/mol. The minimum Gasteiger partial charge on any atom is -0.384 e. The van der Waals surface area contributed by atoms with Gasteiger partial charge < -0.3 is 21.4 Å². The van der Waals surface area contributed by atoms with Gasteiger partial charge in [0.2, 0.25) is 0 Å². The SMILES string of the molecule is CCCCCCCCCCC(c1nc2ccc(C(=O)N(Cc3ccc(CN)cc3)Cc3cccc(C(F)(F)F)c3)cc2[nH]1)C(CCCCCCCC)CCc1ccc(C(=N)N)cc1. The van der Waals surface area contributed by atoms with Crippen LogP contribution in [-0.2, 0) is 32.2 Å². The molecule has 0 aliphatic heterocycles. The number of benzene rings is 4. The number of hydrogen-bond donors (Lipinski definition) is 4. The molecule has 10 heteroatoms. The molecule has 0 saturated carbocycles. The van der Waals surface area contributed by atoms with E-state index in [0.29, 0.717) is 23.6 Å². The van der Waals surface area contributed by atoms with Crippen molar-refractivity contribution in [2.24, 2.45) is 17.4 Å². The smallest absolute Gasteiger partial charge is 0.384 e.